The van der Waals surface area contributed by atoms with Gasteiger partial charge >= 0.3 is 0 Å². The summed E-state index contributed by atoms with van der Waals surface area (Å²) in [6, 6.07) is 26.9. The summed E-state index contributed by atoms with van der Waals surface area (Å²) in [5.74, 6) is -0.940. The van der Waals surface area contributed by atoms with Crippen molar-refractivity contribution < 1.29 is 9.59 Å². The van der Waals surface area contributed by atoms with Gasteiger partial charge in [0.15, 0.2) is 0 Å². The van der Waals surface area contributed by atoms with E-state index in [1.807, 2.05) is 60.7 Å². The van der Waals surface area contributed by atoms with Crippen molar-refractivity contribution in [1.82, 2.24) is 20.6 Å². The third-order valence-electron chi connectivity index (χ3n) is 4.41. The van der Waals surface area contributed by atoms with Crippen molar-refractivity contribution in [2.75, 3.05) is 0 Å². The summed E-state index contributed by atoms with van der Waals surface area (Å²) in [6.45, 7) is 0. The summed E-state index contributed by atoms with van der Waals surface area (Å²) in [7, 11) is 0. The highest BCUT2D eigenvalue weighted by atomic mass is 35.5. The molecule has 7 heteroatoms. The number of carbonyl (C=O) groups excluding carboxylic acids is 2. The SMILES string of the molecule is O=C(NNC(=O)c1cc(-c2ccccc2)nn1-c1ccccc1)c1ccc(Cl)cc1. The molecule has 2 amide bonds. The van der Waals surface area contributed by atoms with Crippen molar-refractivity contribution in [1.29, 1.82) is 0 Å². The van der Waals surface area contributed by atoms with Crippen molar-refractivity contribution in [3.63, 3.8) is 0 Å². The zero-order chi connectivity index (χ0) is 20.9. The van der Waals surface area contributed by atoms with Crippen LogP contribution < -0.4 is 10.9 Å². The molecule has 0 radical (unpaired) electrons. The minimum atomic E-state index is -0.490. The summed E-state index contributed by atoms with van der Waals surface area (Å²) in [5, 5.41) is 5.12. The Hall–Kier alpha value is -3.90. The van der Waals surface area contributed by atoms with Gasteiger partial charge in [0.1, 0.15) is 5.69 Å². The maximum atomic E-state index is 12.9. The number of benzene rings is 3. The Kier molecular flexibility index (Phi) is 5.59. The molecule has 0 saturated heterocycles. The van der Waals surface area contributed by atoms with E-state index in [0.29, 0.717) is 16.3 Å². The molecule has 3 aromatic carbocycles. The molecule has 0 spiro atoms. The highest BCUT2D eigenvalue weighted by Gasteiger charge is 2.18. The number of aromatic nitrogens is 2. The van der Waals surface area contributed by atoms with Crippen molar-refractivity contribution in [3.05, 3.63) is 107 Å². The molecule has 0 saturated carbocycles. The third kappa shape index (κ3) is 4.24. The van der Waals surface area contributed by atoms with E-state index in [0.717, 1.165) is 11.3 Å². The van der Waals surface area contributed by atoms with Crippen molar-refractivity contribution >= 4 is 23.4 Å². The van der Waals surface area contributed by atoms with Gasteiger partial charge in [0.2, 0.25) is 0 Å². The molecular formula is C23H17ClN4O2. The van der Waals surface area contributed by atoms with Crippen LogP contribution in [0.25, 0.3) is 16.9 Å². The highest BCUT2D eigenvalue weighted by molar-refractivity contribution is 6.30. The molecule has 1 aromatic heterocycles. The molecule has 4 aromatic rings. The molecule has 1 heterocycles. The first-order chi connectivity index (χ1) is 14.6. The molecule has 2 N–H and O–H groups in total. The standard InChI is InChI=1S/C23H17ClN4O2/c24-18-13-11-17(12-14-18)22(29)25-26-23(30)21-15-20(16-7-3-1-4-8-16)27-28(21)19-9-5-2-6-10-19/h1-15H,(H,25,29)(H,26,30). The molecular weight excluding hydrogens is 400 g/mol. The van der Waals surface area contributed by atoms with E-state index in [4.69, 9.17) is 11.6 Å². The lowest BCUT2D eigenvalue weighted by Crippen LogP contribution is -2.42. The van der Waals surface area contributed by atoms with E-state index < -0.39 is 11.8 Å². The average molecular weight is 417 g/mol. The Morgan fingerprint density at radius 2 is 1.37 bits per heavy atom. The highest BCUT2D eigenvalue weighted by Crippen LogP contribution is 2.21. The molecule has 6 nitrogen and oxygen atoms in total. The molecule has 148 valence electrons. The maximum absolute atomic E-state index is 12.9. The van der Waals surface area contributed by atoms with E-state index in [-0.39, 0.29) is 5.69 Å². The average Bonchev–Trinajstić information content (AvgIpc) is 3.25. The first kappa shape index (κ1) is 19.4. The third-order valence-corrected chi connectivity index (χ3v) is 4.66. The van der Waals surface area contributed by atoms with Gasteiger partial charge in [0.25, 0.3) is 11.8 Å². The lowest BCUT2D eigenvalue weighted by molar-refractivity contribution is 0.0842. The fourth-order valence-corrected chi connectivity index (χ4v) is 3.04. The van der Waals surface area contributed by atoms with Crippen LogP contribution in [0.15, 0.2) is 91.0 Å². The first-order valence-corrected chi connectivity index (χ1v) is 9.57. The van der Waals surface area contributed by atoms with Gasteiger partial charge in [-0.15, -0.1) is 0 Å². The number of hydrazine groups is 1. The Morgan fingerprint density at radius 3 is 2.03 bits per heavy atom. The molecule has 30 heavy (non-hydrogen) atoms. The Morgan fingerprint density at radius 1 is 0.767 bits per heavy atom. The molecule has 0 bridgehead atoms. The normalized spacial score (nSPS) is 10.4. The number of para-hydroxylation sites is 1. The molecule has 0 unspecified atom stereocenters. The van der Waals surface area contributed by atoms with Gasteiger partial charge in [0.05, 0.1) is 11.4 Å². The van der Waals surface area contributed by atoms with Gasteiger partial charge in [0, 0.05) is 16.1 Å². The zero-order valence-electron chi connectivity index (χ0n) is 15.7. The summed E-state index contributed by atoms with van der Waals surface area (Å²) >= 11 is 5.84. The number of nitrogens with one attached hydrogen (secondary N) is 2. The van der Waals surface area contributed by atoms with Crippen LogP contribution in [0.3, 0.4) is 0 Å². The van der Waals surface area contributed by atoms with Crippen molar-refractivity contribution in [2.24, 2.45) is 0 Å². The van der Waals surface area contributed by atoms with E-state index in [1.54, 1.807) is 35.0 Å². The number of halogens is 1. The Labute approximate surface area is 178 Å². The second-order valence-electron chi connectivity index (χ2n) is 6.44. The largest absolute Gasteiger partial charge is 0.288 e. The summed E-state index contributed by atoms with van der Waals surface area (Å²) in [5.41, 5.74) is 7.80. The number of rotatable bonds is 4. The summed E-state index contributed by atoms with van der Waals surface area (Å²) in [4.78, 5) is 25.1. The molecule has 0 aliphatic heterocycles. The number of hydrogen-bond donors (Lipinski definition) is 2. The molecule has 4 rings (SSSR count). The van der Waals surface area contributed by atoms with Gasteiger partial charge < -0.3 is 0 Å². The van der Waals surface area contributed by atoms with Crippen LogP contribution in [0.5, 0.6) is 0 Å². The van der Waals surface area contributed by atoms with Gasteiger partial charge in [-0.1, -0.05) is 60.1 Å². The minimum Gasteiger partial charge on any atom is -0.267 e. The van der Waals surface area contributed by atoms with Crippen LogP contribution >= 0.6 is 11.6 Å². The lowest BCUT2D eigenvalue weighted by atomic mass is 10.1. The number of amides is 2. The van der Waals surface area contributed by atoms with Crippen molar-refractivity contribution in [3.8, 4) is 16.9 Å². The molecule has 0 aliphatic rings. The van der Waals surface area contributed by atoms with Gasteiger partial charge in [-0.05, 0) is 42.5 Å². The van der Waals surface area contributed by atoms with Crippen LogP contribution in [0.2, 0.25) is 5.02 Å². The fraction of sp³-hybridized carbons (Fsp3) is 0. The van der Waals surface area contributed by atoms with E-state index in [2.05, 4.69) is 16.0 Å². The van der Waals surface area contributed by atoms with E-state index in [9.17, 15) is 9.59 Å². The number of hydrogen-bond acceptors (Lipinski definition) is 3. The van der Waals surface area contributed by atoms with Crippen LogP contribution in [0.4, 0.5) is 0 Å². The Bertz CT molecular complexity index is 1170. The number of carbonyl (C=O) groups is 2. The lowest BCUT2D eigenvalue weighted by Gasteiger charge is -2.09. The fourth-order valence-electron chi connectivity index (χ4n) is 2.91. The predicted octanol–water partition coefficient (Wildman–Crippen LogP) is 4.27. The first-order valence-electron chi connectivity index (χ1n) is 9.19. The van der Waals surface area contributed by atoms with Crippen LogP contribution in [0, 0.1) is 0 Å². The van der Waals surface area contributed by atoms with Crippen LogP contribution in [-0.2, 0) is 0 Å². The maximum Gasteiger partial charge on any atom is 0.288 e. The second kappa shape index (κ2) is 8.63. The second-order valence-corrected chi connectivity index (χ2v) is 6.88. The van der Waals surface area contributed by atoms with Crippen molar-refractivity contribution in [2.45, 2.75) is 0 Å². The summed E-state index contributed by atoms with van der Waals surface area (Å²) in [6.07, 6.45) is 0. The van der Waals surface area contributed by atoms with E-state index >= 15 is 0 Å². The van der Waals surface area contributed by atoms with Gasteiger partial charge in [-0.25, -0.2) is 4.68 Å². The molecule has 0 atom stereocenters. The molecule has 0 fully saturated rings. The van der Waals surface area contributed by atoms with Crippen LogP contribution in [0.1, 0.15) is 20.8 Å². The Balaban J connectivity index is 1.60. The number of nitrogens with zero attached hydrogens (tertiary/aromatic N) is 2. The van der Waals surface area contributed by atoms with Gasteiger partial charge in [-0.2, -0.15) is 5.10 Å². The van der Waals surface area contributed by atoms with Gasteiger partial charge in [-0.3, -0.25) is 20.4 Å². The minimum absolute atomic E-state index is 0.288. The predicted molar refractivity (Wildman–Crippen MR) is 115 cm³/mol. The topological polar surface area (TPSA) is 76.0 Å². The monoisotopic (exact) mass is 416 g/mol. The quantitative estimate of drug-likeness (QED) is 0.488. The molecule has 0 aliphatic carbocycles. The zero-order valence-corrected chi connectivity index (χ0v) is 16.5. The van der Waals surface area contributed by atoms with Crippen LogP contribution in [-0.4, -0.2) is 21.6 Å². The van der Waals surface area contributed by atoms with E-state index in [1.165, 1.54) is 0 Å². The summed E-state index contributed by atoms with van der Waals surface area (Å²) < 4.78 is 1.55. The smallest absolute Gasteiger partial charge is 0.267 e.